The van der Waals surface area contributed by atoms with E-state index in [2.05, 4.69) is 20.7 Å². The molecule has 1 aromatic rings. The van der Waals surface area contributed by atoms with E-state index in [4.69, 9.17) is 0 Å². The van der Waals surface area contributed by atoms with Crippen LogP contribution in [0.5, 0.6) is 0 Å². The highest BCUT2D eigenvalue weighted by atomic mass is 79.9. The van der Waals surface area contributed by atoms with Crippen LogP contribution in [-0.4, -0.2) is 14.5 Å². The molecule has 1 aromatic carbocycles. The van der Waals surface area contributed by atoms with Crippen LogP contribution in [0.15, 0.2) is 27.6 Å². The van der Waals surface area contributed by atoms with Crippen LogP contribution < -0.4 is 4.72 Å². The molecule has 3 nitrogen and oxygen atoms in total. The molecular formula is C10H13BrFNO2S. The van der Waals surface area contributed by atoms with Crippen molar-refractivity contribution < 1.29 is 12.8 Å². The van der Waals surface area contributed by atoms with Gasteiger partial charge in [0.05, 0.1) is 0 Å². The molecule has 16 heavy (non-hydrogen) atoms. The maximum absolute atomic E-state index is 13.5. The van der Waals surface area contributed by atoms with Gasteiger partial charge in [-0.05, 0) is 31.5 Å². The number of benzene rings is 1. The van der Waals surface area contributed by atoms with Crippen molar-refractivity contribution in [3.63, 3.8) is 0 Å². The van der Waals surface area contributed by atoms with Crippen molar-refractivity contribution >= 4 is 26.0 Å². The van der Waals surface area contributed by atoms with E-state index in [9.17, 15) is 12.8 Å². The van der Waals surface area contributed by atoms with E-state index in [1.165, 1.54) is 12.1 Å². The third kappa shape index (κ3) is 3.26. The maximum Gasteiger partial charge on any atom is 0.243 e. The van der Waals surface area contributed by atoms with Crippen LogP contribution in [0.25, 0.3) is 0 Å². The van der Waals surface area contributed by atoms with E-state index in [-0.39, 0.29) is 10.9 Å². The highest BCUT2D eigenvalue weighted by Gasteiger charge is 2.20. The molecule has 0 fully saturated rings. The van der Waals surface area contributed by atoms with E-state index < -0.39 is 15.8 Å². The zero-order valence-corrected chi connectivity index (χ0v) is 11.4. The molecule has 0 saturated carbocycles. The second-order valence-corrected chi connectivity index (χ2v) is 6.10. The van der Waals surface area contributed by atoms with Crippen LogP contribution >= 0.6 is 15.9 Å². The van der Waals surface area contributed by atoms with E-state index in [1.807, 2.05) is 6.92 Å². The van der Waals surface area contributed by atoms with Gasteiger partial charge in [0.25, 0.3) is 0 Å². The second-order valence-electron chi connectivity index (χ2n) is 3.51. The summed E-state index contributed by atoms with van der Waals surface area (Å²) in [5.74, 6) is -0.759. The predicted molar refractivity (Wildman–Crippen MR) is 64.2 cm³/mol. The molecule has 1 N–H and O–H groups in total. The Labute approximate surface area is 103 Å². The number of nitrogens with one attached hydrogen (secondary N) is 1. The van der Waals surface area contributed by atoms with Gasteiger partial charge >= 0.3 is 0 Å². The first-order valence-corrected chi connectivity index (χ1v) is 7.12. The molecule has 0 aliphatic heterocycles. The Morgan fingerprint density at radius 3 is 2.62 bits per heavy atom. The van der Waals surface area contributed by atoms with Crippen molar-refractivity contribution in [1.82, 2.24) is 4.72 Å². The molecule has 0 spiro atoms. The summed E-state index contributed by atoms with van der Waals surface area (Å²) in [6.07, 6.45) is 0.650. The Kier molecular flexibility index (Phi) is 4.46. The fourth-order valence-electron chi connectivity index (χ4n) is 1.10. The summed E-state index contributed by atoms with van der Waals surface area (Å²) in [7, 11) is -3.76. The monoisotopic (exact) mass is 309 g/mol. The van der Waals surface area contributed by atoms with Gasteiger partial charge in [-0.3, -0.25) is 0 Å². The summed E-state index contributed by atoms with van der Waals surface area (Å²) < 4.78 is 39.9. The fraction of sp³-hybridized carbons (Fsp3) is 0.400. The summed E-state index contributed by atoms with van der Waals surface area (Å²) >= 11 is 3.07. The van der Waals surface area contributed by atoms with E-state index in [0.717, 1.165) is 6.07 Å². The minimum atomic E-state index is -3.76. The molecule has 0 aliphatic rings. The van der Waals surface area contributed by atoms with Crippen molar-refractivity contribution in [3.8, 4) is 0 Å². The molecule has 0 bridgehead atoms. The lowest BCUT2D eigenvalue weighted by atomic mass is 10.3. The van der Waals surface area contributed by atoms with Gasteiger partial charge in [0.15, 0.2) is 0 Å². The standard InChI is InChI=1S/C10H13BrFNO2S/c1-3-7(2)13-16(14,15)10-5-4-8(11)6-9(10)12/h4-7,13H,3H2,1-2H3/t7-/m0/s1. The maximum atomic E-state index is 13.5. The molecule has 0 heterocycles. The van der Waals surface area contributed by atoms with Gasteiger partial charge in [-0.1, -0.05) is 22.9 Å². The van der Waals surface area contributed by atoms with Crippen LogP contribution in [0, 0.1) is 5.82 Å². The number of hydrogen-bond donors (Lipinski definition) is 1. The Balaban J connectivity index is 3.08. The highest BCUT2D eigenvalue weighted by molar-refractivity contribution is 9.10. The molecule has 1 atom stereocenters. The van der Waals surface area contributed by atoms with Crippen molar-refractivity contribution in [2.75, 3.05) is 0 Å². The average Bonchev–Trinajstić information content (AvgIpc) is 2.16. The molecule has 0 aromatic heterocycles. The number of halogens is 2. The lowest BCUT2D eigenvalue weighted by Gasteiger charge is -2.12. The van der Waals surface area contributed by atoms with Gasteiger partial charge in [0, 0.05) is 10.5 Å². The quantitative estimate of drug-likeness (QED) is 0.929. The van der Waals surface area contributed by atoms with Crippen LogP contribution in [0.3, 0.4) is 0 Å². The average molecular weight is 310 g/mol. The van der Waals surface area contributed by atoms with Crippen molar-refractivity contribution in [1.29, 1.82) is 0 Å². The summed E-state index contributed by atoms with van der Waals surface area (Å²) in [4.78, 5) is -0.323. The van der Waals surface area contributed by atoms with Gasteiger partial charge in [0.1, 0.15) is 10.7 Å². The molecule has 90 valence electrons. The molecule has 1 rings (SSSR count). The van der Waals surface area contributed by atoms with E-state index in [1.54, 1.807) is 6.92 Å². The predicted octanol–water partition coefficient (Wildman–Crippen LogP) is 2.67. The molecule has 0 radical (unpaired) electrons. The van der Waals surface area contributed by atoms with E-state index in [0.29, 0.717) is 10.9 Å². The van der Waals surface area contributed by atoms with Crippen LogP contribution in [0.2, 0.25) is 0 Å². The second kappa shape index (κ2) is 5.25. The van der Waals surface area contributed by atoms with Crippen LogP contribution in [-0.2, 0) is 10.0 Å². The number of rotatable bonds is 4. The molecule has 0 unspecified atom stereocenters. The van der Waals surface area contributed by atoms with Gasteiger partial charge in [0.2, 0.25) is 10.0 Å². The van der Waals surface area contributed by atoms with Gasteiger partial charge in [-0.2, -0.15) is 0 Å². The smallest absolute Gasteiger partial charge is 0.208 e. The topological polar surface area (TPSA) is 46.2 Å². The van der Waals surface area contributed by atoms with Crippen molar-refractivity contribution in [2.45, 2.75) is 31.2 Å². The first-order valence-electron chi connectivity index (χ1n) is 4.84. The van der Waals surface area contributed by atoms with E-state index >= 15 is 0 Å². The Morgan fingerprint density at radius 1 is 1.50 bits per heavy atom. The lowest BCUT2D eigenvalue weighted by molar-refractivity contribution is 0.539. The summed E-state index contributed by atoms with van der Waals surface area (Å²) in [6, 6.07) is 3.65. The zero-order chi connectivity index (χ0) is 12.3. The number of sulfonamides is 1. The van der Waals surface area contributed by atoms with Crippen LogP contribution in [0.1, 0.15) is 20.3 Å². The third-order valence-corrected chi connectivity index (χ3v) is 4.27. The summed E-state index contributed by atoms with van der Waals surface area (Å²) in [5, 5.41) is 0. The molecule has 0 amide bonds. The lowest BCUT2D eigenvalue weighted by Crippen LogP contribution is -2.32. The Morgan fingerprint density at radius 2 is 2.12 bits per heavy atom. The molecular weight excluding hydrogens is 297 g/mol. The number of hydrogen-bond acceptors (Lipinski definition) is 2. The summed E-state index contributed by atoms with van der Waals surface area (Å²) in [6.45, 7) is 3.58. The largest absolute Gasteiger partial charge is 0.243 e. The minimum absolute atomic E-state index is 0.215. The highest BCUT2D eigenvalue weighted by Crippen LogP contribution is 2.19. The van der Waals surface area contributed by atoms with Crippen LogP contribution in [0.4, 0.5) is 4.39 Å². The molecule has 0 aliphatic carbocycles. The third-order valence-electron chi connectivity index (χ3n) is 2.15. The van der Waals surface area contributed by atoms with Gasteiger partial charge < -0.3 is 0 Å². The summed E-state index contributed by atoms with van der Waals surface area (Å²) in [5.41, 5.74) is 0. The minimum Gasteiger partial charge on any atom is -0.208 e. The Hall–Kier alpha value is -0.460. The first kappa shape index (κ1) is 13.6. The molecule has 0 saturated heterocycles. The zero-order valence-electron chi connectivity index (χ0n) is 9.00. The fourth-order valence-corrected chi connectivity index (χ4v) is 2.82. The van der Waals surface area contributed by atoms with Crippen molar-refractivity contribution in [3.05, 3.63) is 28.5 Å². The normalized spacial score (nSPS) is 13.8. The van der Waals surface area contributed by atoms with Gasteiger partial charge in [-0.25, -0.2) is 17.5 Å². The molecule has 6 heteroatoms. The SMILES string of the molecule is CC[C@H](C)NS(=O)(=O)c1ccc(Br)cc1F. The Bertz CT molecular complexity index is 476. The van der Waals surface area contributed by atoms with Gasteiger partial charge in [-0.15, -0.1) is 0 Å². The first-order chi connectivity index (χ1) is 7.36. The van der Waals surface area contributed by atoms with Crippen molar-refractivity contribution in [2.24, 2.45) is 0 Å².